The van der Waals surface area contributed by atoms with Crippen molar-refractivity contribution in [1.29, 1.82) is 0 Å². The van der Waals surface area contributed by atoms with E-state index in [-0.39, 0.29) is 23.7 Å². The van der Waals surface area contributed by atoms with Crippen LogP contribution >= 0.6 is 0 Å². The van der Waals surface area contributed by atoms with Gasteiger partial charge in [0.1, 0.15) is 5.82 Å². The van der Waals surface area contributed by atoms with E-state index < -0.39 is 5.82 Å². The van der Waals surface area contributed by atoms with E-state index in [1.165, 1.54) is 18.2 Å². The lowest BCUT2D eigenvalue weighted by Gasteiger charge is -2.18. The number of amides is 2. The number of imide groups is 1. The number of carbonyl (C=O) groups is 2. The molecule has 4 heteroatoms. The standard InChI is InChI=1S/C15H14FNO2/c1-9-5-6-12-13(7-9)15(19)17(14(12)18)11-4-2-3-10(16)8-11/h2-5,8,12-13H,6-7H2,1H3. The summed E-state index contributed by atoms with van der Waals surface area (Å²) in [7, 11) is 0. The number of allylic oxidation sites excluding steroid dienone is 2. The molecule has 2 amide bonds. The largest absolute Gasteiger partial charge is 0.274 e. The van der Waals surface area contributed by atoms with Crippen molar-refractivity contribution < 1.29 is 14.0 Å². The Labute approximate surface area is 110 Å². The van der Waals surface area contributed by atoms with Crippen LogP contribution in [0.5, 0.6) is 0 Å². The summed E-state index contributed by atoms with van der Waals surface area (Å²) in [4.78, 5) is 25.8. The lowest BCUT2D eigenvalue weighted by molar-refractivity contribution is -0.122. The van der Waals surface area contributed by atoms with Gasteiger partial charge in [0.25, 0.3) is 0 Å². The first kappa shape index (κ1) is 12.1. The lowest BCUT2D eigenvalue weighted by atomic mass is 9.82. The number of halogens is 1. The summed E-state index contributed by atoms with van der Waals surface area (Å²) >= 11 is 0. The molecule has 1 saturated heterocycles. The number of anilines is 1. The van der Waals surface area contributed by atoms with Crippen LogP contribution in [0.4, 0.5) is 10.1 Å². The fourth-order valence-electron chi connectivity index (χ4n) is 2.91. The zero-order valence-corrected chi connectivity index (χ0v) is 10.6. The molecule has 1 heterocycles. The van der Waals surface area contributed by atoms with Crippen molar-refractivity contribution in [3.63, 3.8) is 0 Å². The first-order valence-electron chi connectivity index (χ1n) is 6.37. The Morgan fingerprint density at radius 3 is 2.68 bits per heavy atom. The minimum absolute atomic E-state index is 0.201. The summed E-state index contributed by atoms with van der Waals surface area (Å²) in [5, 5.41) is 0. The van der Waals surface area contributed by atoms with Crippen molar-refractivity contribution >= 4 is 17.5 Å². The zero-order valence-electron chi connectivity index (χ0n) is 10.6. The minimum atomic E-state index is -0.442. The van der Waals surface area contributed by atoms with Crippen molar-refractivity contribution in [2.24, 2.45) is 11.8 Å². The summed E-state index contributed by atoms with van der Waals surface area (Å²) in [6, 6.07) is 5.63. The number of hydrogen-bond donors (Lipinski definition) is 0. The van der Waals surface area contributed by atoms with E-state index in [2.05, 4.69) is 0 Å². The Hall–Kier alpha value is -1.97. The van der Waals surface area contributed by atoms with Crippen LogP contribution in [-0.2, 0) is 9.59 Å². The van der Waals surface area contributed by atoms with Gasteiger partial charge < -0.3 is 0 Å². The van der Waals surface area contributed by atoms with Gasteiger partial charge in [0.2, 0.25) is 11.8 Å². The van der Waals surface area contributed by atoms with E-state index in [0.717, 1.165) is 10.5 Å². The molecule has 1 aromatic carbocycles. The molecule has 0 N–H and O–H groups in total. The highest BCUT2D eigenvalue weighted by atomic mass is 19.1. The zero-order chi connectivity index (χ0) is 13.6. The van der Waals surface area contributed by atoms with Crippen molar-refractivity contribution in [1.82, 2.24) is 0 Å². The number of hydrogen-bond acceptors (Lipinski definition) is 2. The van der Waals surface area contributed by atoms with Crippen molar-refractivity contribution in [2.75, 3.05) is 4.90 Å². The van der Waals surface area contributed by atoms with Gasteiger partial charge in [0, 0.05) is 0 Å². The molecule has 3 rings (SSSR count). The van der Waals surface area contributed by atoms with E-state index >= 15 is 0 Å². The normalized spacial score (nSPS) is 26.4. The molecule has 3 nitrogen and oxygen atoms in total. The predicted octanol–water partition coefficient (Wildman–Crippen LogP) is 2.67. The van der Waals surface area contributed by atoms with E-state index in [1.807, 2.05) is 13.0 Å². The molecule has 2 aliphatic rings. The fraction of sp³-hybridized carbons (Fsp3) is 0.333. The van der Waals surface area contributed by atoms with Crippen LogP contribution < -0.4 is 4.90 Å². The number of nitrogens with zero attached hydrogens (tertiary/aromatic N) is 1. The quantitative estimate of drug-likeness (QED) is 0.574. The van der Waals surface area contributed by atoms with Crippen LogP contribution in [0.2, 0.25) is 0 Å². The Morgan fingerprint density at radius 2 is 1.95 bits per heavy atom. The Morgan fingerprint density at radius 1 is 1.21 bits per heavy atom. The second-order valence-electron chi connectivity index (χ2n) is 5.20. The van der Waals surface area contributed by atoms with Crippen molar-refractivity contribution in [3.05, 3.63) is 41.7 Å². The van der Waals surface area contributed by atoms with Gasteiger partial charge in [-0.3, -0.25) is 9.59 Å². The second kappa shape index (κ2) is 4.30. The molecule has 0 saturated carbocycles. The topological polar surface area (TPSA) is 37.4 Å². The number of fused-ring (bicyclic) bond motifs is 1. The third kappa shape index (κ3) is 1.87. The molecule has 1 aromatic rings. The summed E-state index contributed by atoms with van der Waals surface area (Å²) in [5.41, 5.74) is 1.48. The van der Waals surface area contributed by atoms with Crippen molar-refractivity contribution in [2.45, 2.75) is 19.8 Å². The molecule has 98 valence electrons. The van der Waals surface area contributed by atoms with Gasteiger partial charge >= 0.3 is 0 Å². The van der Waals surface area contributed by atoms with Gasteiger partial charge in [-0.1, -0.05) is 17.7 Å². The van der Waals surface area contributed by atoms with Crippen LogP contribution in [0.25, 0.3) is 0 Å². The Balaban J connectivity index is 1.97. The summed E-state index contributed by atoms with van der Waals surface area (Å²) < 4.78 is 13.2. The molecule has 19 heavy (non-hydrogen) atoms. The first-order valence-corrected chi connectivity index (χ1v) is 6.37. The number of rotatable bonds is 1. The molecule has 0 bridgehead atoms. The highest BCUT2D eigenvalue weighted by Gasteiger charge is 2.48. The second-order valence-corrected chi connectivity index (χ2v) is 5.20. The average molecular weight is 259 g/mol. The molecular weight excluding hydrogens is 245 g/mol. The molecule has 0 spiro atoms. The Kier molecular flexibility index (Phi) is 2.73. The monoisotopic (exact) mass is 259 g/mol. The third-order valence-corrected chi connectivity index (χ3v) is 3.89. The van der Waals surface area contributed by atoms with Gasteiger partial charge in [-0.15, -0.1) is 0 Å². The molecule has 1 aliphatic heterocycles. The fourth-order valence-corrected chi connectivity index (χ4v) is 2.91. The number of carbonyl (C=O) groups excluding carboxylic acids is 2. The highest BCUT2D eigenvalue weighted by molar-refractivity contribution is 6.22. The molecule has 2 atom stereocenters. The number of benzene rings is 1. The van der Waals surface area contributed by atoms with Gasteiger partial charge in [-0.25, -0.2) is 9.29 Å². The van der Waals surface area contributed by atoms with Crippen molar-refractivity contribution in [3.8, 4) is 0 Å². The van der Waals surface area contributed by atoms with E-state index in [1.54, 1.807) is 6.07 Å². The van der Waals surface area contributed by atoms with E-state index in [0.29, 0.717) is 18.5 Å². The maximum absolute atomic E-state index is 13.2. The Bertz CT molecular complexity index is 594. The SMILES string of the molecule is CC1=CCC2C(=O)N(c3cccc(F)c3)C(=O)C2C1. The van der Waals surface area contributed by atoms with Crippen LogP contribution in [0.1, 0.15) is 19.8 Å². The van der Waals surface area contributed by atoms with E-state index in [4.69, 9.17) is 0 Å². The molecule has 1 fully saturated rings. The van der Waals surface area contributed by atoms with Gasteiger partial charge in [0.05, 0.1) is 17.5 Å². The maximum atomic E-state index is 13.2. The van der Waals surface area contributed by atoms with Crippen LogP contribution in [0.15, 0.2) is 35.9 Å². The molecule has 1 aliphatic carbocycles. The average Bonchev–Trinajstić information content (AvgIpc) is 2.61. The molecule has 0 aromatic heterocycles. The third-order valence-electron chi connectivity index (χ3n) is 3.89. The van der Waals surface area contributed by atoms with Crippen LogP contribution in [0, 0.1) is 17.7 Å². The maximum Gasteiger partial charge on any atom is 0.238 e. The summed E-state index contributed by atoms with van der Waals surface area (Å²) in [6.45, 7) is 1.97. The van der Waals surface area contributed by atoms with Gasteiger partial charge in [-0.05, 0) is 38.0 Å². The van der Waals surface area contributed by atoms with Gasteiger partial charge in [0.15, 0.2) is 0 Å². The minimum Gasteiger partial charge on any atom is -0.274 e. The molecular formula is C15H14FNO2. The van der Waals surface area contributed by atoms with Crippen LogP contribution in [0.3, 0.4) is 0 Å². The first-order chi connectivity index (χ1) is 9.08. The lowest BCUT2D eigenvalue weighted by Crippen LogP contribution is -2.30. The van der Waals surface area contributed by atoms with Gasteiger partial charge in [-0.2, -0.15) is 0 Å². The predicted molar refractivity (Wildman–Crippen MR) is 68.9 cm³/mol. The summed E-state index contributed by atoms with van der Waals surface area (Å²) in [6.07, 6.45) is 3.25. The molecule has 2 unspecified atom stereocenters. The molecule has 0 radical (unpaired) electrons. The van der Waals surface area contributed by atoms with E-state index in [9.17, 15) is 14.0 Å². The van der Waals surface area contributed by atoms with Crippen LogP contribution in [-0.4, -0.2) is 11.8 Å². The summed E-state index contributed by atoms with van der Waals surface area (Å²) in [5.74, 6) is -1.40. The smallest absolute Gasteiger partial charge is 0.238 e. The highest BCUT2D eigenvalue weighted by Crippen LogP contribution is 2.39.